The highest BCUT2D eigenvalue weighted by molar-refractivity contribution is 7.80. The quantitative estimate of drug-likeness (QED) is 0.351. The van der Waals surface area contributed by atoms with E-state index in [4.69, 9.17) is 18.1 Å². The summed E-state index contributed by atoms with van der Waals surface area (Å²) in [6.45, 7) is 2.06. The van der Waals surface area contributed by atoms with E-state index in [2.05, 4.69) is 59.3 Å². The second kappa shape index (κ2) is 7.52. The summed E-state index contributed by atoms with van der Waals surface area (Å²) in [7, 11) is 0. The first-order valence-corrected chi connectivity index (χ1v) is 7.04. The minimum atomic E-state index is 0.285. The lowest BCUT2D eigenvalue weighted by atomic mass is 10.0. The summed E-state index contributed by atoms with van der Waals surface area (Å²) >= 11 is 4.95. The summed E-state index contributed by atoms with van der Waals surface area (Å²) in [6, 6.07) is 18.4. The van der Waals surface area contributed by atoms with Crippen LogP contribution in [0.4, 0.5) is 0 Å². The predicted octanol–water partition coefficient (Wildman–Crippen LogP) is 2.28. The molecule has 0 radical (unpaired) electrons. The molecule has 2 aromatic rings. The Morgan fingerprint density at radius 3 is 2.38 bits per heavy atom. The molecule has 5 heteroatoms. The molecule has 0 atom stereocenters. The molecule has 0 fully saturated rings. The number of rotatable bonds is 4. The number of hydrazone groups is 1. The van der Waals surface area contributed by atoms with Gasteiger partial charge in [-0.05, 0) is 30.3 Å². The molecule has 2 rings (SSSR count). The van der Waals surface area contributed by atoms with Crippen molar-refractivity contribution in [3.8, 4) is 0 Å². The molecule has 4 nitrogen and oxygen atoms in total. The molecule has 0 aliphatic rings. The molecule has 0 aliphatic heterocycles. The van der Waals surface area contributed by atoms with Gasteiger partial charge in [-0.15, -0.1) is 0 Å². The molecular formula is C16H18N4S. The highest BCUT2D eigenvalue weighted by Gasteiger charge is 2.06. The molecular weight excluding hydrogens is 280 g/mol. The Balaban J connectivity index is 2.25. The number of hydrogen-bond acceptors (Lipinski definition) is 3. The molecule has 0 bridgehead atoms. The summed E-state index contributed by atoms with van der Waals surface area (Å²) in [6.07, 6.45) is 0.712. The first-order valence-electron chi connectivity index (χ1n) is 6.63. The van der Waals surface area contributed by atoms with Gasteiger partial charge < -0.3 is 0 Å². The lowest BCUT2D eigenvalue weighted by molar-refractivity contribution is 0.922. The molecule has 4 N–H and O–H groups in total. The number of nitrogens with zero attached hydrogens (tertiary/aromatic N) is 1. The maximum Gasteiger partial charge on any atom is 0.201 e. The van der Waals surface area contributed by atoms with Gasteiger partial charge in [-0.1, -0.05) is 60.2 Å². The van der Waals surface area contributed by atoms with Crippen LogP contribution in [0.5, 0.6) is 0 Å². The SMILES string of the molecule is Cc1ccc(/C(Cc2ccccc2)=N\NC(=S)NN)cc1. The van der Waals surface area contributed by atoms with Crippen LogP contribution in [0.15, 0.2) is 59.7 Å². The minimum absolute atomic E-state index is 0.285. The van der Waals surface area contributed by atoms with Crippen LogP contribution < -0.4 is 16.7 Å². The Morgan fingerprint density at radius 1 is 1.10 bits per heavy atom. The monoisotopic (exact) mass is 298 g/mol. The van der Waals surface area contributed by atoms with Gasteiger partial charge in [-0.3, -0.25) is 10.9 Å². The van der Waals surface area contributed by atoms with Gasteiger partial charge in [0.1, 0.15) is 0 Å². The third-order valence-electron chi connectivity index (χ3n) is 3.02. The molecule has 108 valence electrons. The lowest BCUT2D eigenvalue weighted by Gasteiger charge is -2.09. The van der Waals surface area contributed by atoms with E-state index in [1.54, 1.807) is 0 Å². The molecule has 0 saturated carbocycles. The second-order valence-corrected chi connectivity index (χ2v) is 5.08. The topological polar surface area (TPSA) is 62.4 Å². The van der Waals surface area contributed by atoms with Crippen molar-refractivity contribution >= 4 is 23.0 Å². The van der Waals surface area contributed by atoms with Crippen LogP contribution in [0.2, 0.25) is 0 Å². The minimum Gasteiger partial charge on any atom is -0.300 e. The number of benzene rings is 2. The van der Waals surface area contributed by atoms with Gasteiger partial charge in [0.05, 0.1) is 5.71 Å². The average Bonchev–Trinajstić information content (AvgIpc) is 2.53. The van der Waals surface area contributed by atoms with Gasteiger partial charge in [-0.25, -0.2) is 5.84 Å². The van der Waals surface area contributed by atoms with Crippen molar-refractivity contribution in [2.75, 3.05) is 0 Å². The highest BCUT2D eigenvalue weighted by atomic mass is 32.1. The number of nitrogens with two attached hydrogens (primary N) is 1. The van der Waals surface area contributed by atoms with Crippen molar-refractivity contribution in [3.05, 3.63) is 71.3 Å². The smallest absolute Gasteiger partial charge is 0.201 e. The van der Waals surface area contributed by atoms with Gasteiger partial charge in [0.25, 0.3) is 0 Å². The first-order chi connectivity index (χ1) is 10.2. The van der Waals surface area contributed by atoms with Crippen molar-refractivity contribution in [1.29, 1.82) is 0 Å². The van der Waals surface area contributed by atoms with Gasteiger partial charge in [-0.2, -0.15) is 5.10 Å². The van der Waals surface area contributed by atoms with Gasteiger partial charge in [0.15, 0.2) is 0 Å². The summed E-state index contributed by atoms with van der Waals surface area (Å²) in [5, 5.41) is 4.66. The van der Waals surface area contributed by atoms with E-state index in [-0.39, 0.29) is 5.11 Å². The zero-order valence-corrected chi connectivity index (χ0v) is 12.7. The Bertz CT molecular complexity index is 620. The molecule has 0 aromatic heterocycles. The van der Waals surface area contributed by atoms with E-state index in [0.29, 0.717) is 6.42 Å². The first kappa shape index (κ1) is 15.2. The van der Waals surface area contributed by atoms with E-state index >= 15 is 0 Å². The van der Waals surface area contributed by atoms with Crippen molar-refractivity contribution in [2.45, 2.75) is 13.3 Å². The third-order valence-corrected chi connectivity index (χ3v) is 3.23. The molecule has 0 unspecified atom stereocenters. The fraction of sp³-hybridized carbons (Fsp3) is 0.125. The summed E-state index contributed by atoms with van der Waals surface area (Å²) in [4.78, 5) is 0. The summed E-state index contributed by atoms with van der Waals surface area (Å²) in [5.41, 5.74) is 9.46. The Hall–Kier alpha value is -2.24. The van der Waals surface area contributed by atoms with Crippen LogP contribution in [0, 0.1) is 6.92 Å². The maximum absolute atomic E-state index is 5.25. The number of hydrazine groups is 1. The lowest BCUT2D eigenvalue weighted by Crippen LogP contribution is -2.37. The van der Waals surface area contributed by atoms with E-state index < -0.39 is 0 Å². The van der Waals surface area contributed by atoms with Crippen LogP contribution in [0.25, 0.3) is 0 Å². The van der Waals surface area contributed by atoms with E-state index in [1.807, 2.05) is 18.2 Å². The largest absolute Gasteiger partial charge is 0.300 e. The van der Waals surface area contributed by atoms with E-state index in [9.17, 15) is 0 Å². The van der Waals surface area contributed by atoms with Crippen molar-refractivity contribution in [1.82, 2.24) is 10.9 Å². The summed E-state index contributed by atoms with van der Waals surface area (Å²) in [5.74, 6) is 5.25. The van der Waals surface area contributed by atoms with Crippen LogP contribution in [0.3, 0.4) is 0 Å². The number of thiocarbonyl (C=S) groups is 1. The van der Waals surface area contributed by atoms with Gasteiger partial charge in [0.2, 0.25) is 5.11 Å². The van der Waals surface area contributed by atoms with E-state index in [1.165, 1.54) is 11.1 Å². The third kappa shape index (κ3) is 4.66. The maximum atomic E-state index is 5.25. The molecule has 0 amide bonds. The van der Waals surface area contributed by atoms with E-state index in [0.717, 1.165) is 11.3 Å². The van der Waals surface area contributed by atoms with Crippen LogP contribution in [0.1, 0.15) is 16.7 Å². The standard InChI is InChI=1S/C16H18N4S/c1-12-7-9-14(10-8-12)15(19-20-16(21)18-17)11-13-5-3-2-4-6-13/h2-10H,11,17H2,1H3,(H2,18,20,21)/b19-15-. The number of hydrogen-bond donors (Lipinski definition) is 3. The average molecular weight is 298 g/mol. The molecule has 2 aromatic carbocycles. The highest BCUT2D eigenvalue weighted by Crippen LogP contribution is 2.10. The van der Waals surface area contributed by atoms with Crippen molar-refractivity contribution < 1.29 is 0 Å². The van der Waals surface area contributed by atoms with Crippen LogP contribution in [-0.4, -0.2) is 10.8 Å². The number of nitrogens with one attached hydrogen (secondary N) is 2. The zero-order chi connectivity index (χ0) is 15.1. The fourth-order valence-corrected chi connectivity index (χ4v) is 1.94. The molecule has 0 heterocycles. The Kier molecular flexibility index (Phi) is 5.43. The predicted molar refractivity (Wildman–Crippen MR) is 90.9 cm³/mol. The molecule has 0 aliphatic carbocycles. The summed E-state index contributed by atoms with van der Waals surface area (Å²) < 4.78 is 0. The van der Waals surface area contributed by atoms with Crippen molar-refractivity contribution in [3.63, 3.8) is 0 Å². The molecule has 0 saturated heterocycles. The normalized spacial score (nSPS) is 11.0. The van der Waals surface area contributed by atoms with Gasteiger partial charge >= 0.3 is 0 Å². The van der Waals surface area contributed by atoms with Crippen LogP contribution >= 0.6 is 12.2 Å². The Labute approximate surface area is 130 Å². The van der Waals surface area contributed by atoms with Crippen molar-refractivity contribution in [2.24, 2.45) is 10.9 Å². The zero-order valence-electron chi connectivity index (χ0n) is 11.8. The molecule has 0 spiro atoms. The number of aryl methyl sites for hydroxylation is 1. The second-order valence-electron chi connectivity index (χ2n) is 4.67. The molecule has 21 heavy (non-hydrogen) atoms. The Morgan fingerprint density at radius 2 is 1.76 bits per heavy atom. The van der Waals surface area contributed by atoms with Crippen LogP contribution in [-0.2, 0) is 6.42 Å². The van der Waals surface area contributed by atoms with Gasteiger partial charge in [0, 0.05) is 6.42 Å². The fourth-order valence-electron chi connectivity index (χ4n) is 1.89.